The van der Waals surface area contributed by atoms with Crippen molar-refractivity contribution in [3.05, 3.63) is 87.3 Å². The van der Waals surface area contributed by atoms with Gasteiger partial charge < -0.3 is 14.6 Å². The number of hydrogen-bond donors (Lipinski definition) is 2. The number of hydrogen-bond acceptors (Lipinski definition) is 6. The van der Waals surface area contributed by atoms with Gasteiger partial charge in [0.05, 0.1) is 17.6 Å². The van der Waals surface area contributed by atoms with E-state index in [4.69, 9.17) is 9.47 Å². The first-order chi connectivity index (χ1) is 17.7. The third kappa shape index (κ3) is 6.61. The van der Waals surface area contributed by atoms with Gasteiger partial charge in [-0.3, -0.25) is 14.9 Å². The molecular formula is C30H31NO5S. The van der Waals surface area contributed by atoms with Crippen LogP contribution in [0, 0.1) is 20.8 Å². The lowest BCUT2D eigenvalue weighted by Gasteiger charge is -2.18. The number of nitrogens with one attached hydrogen (secondary N) is 1. The third-order valence-electron chi connectivity index (χ3n) is 6.24. The van der Waals surface area contributed by atoms with E-state index in [1.54, 1.807) is 13.0 Å². The van der Waals surface area contributed by atoms with Gasteiger partial charge in [-0.1, -0.05) is 30.3 Å². The zero-order valence-electron chi connectivity index (χ0n) is 21.5. The Morgan fingerprint density at radius 1 is 0.973 bits per heavy atom. The van der Waals surface area contributed by atoms with Gasteiger partial charge in [-0.2, -0.15) is 0 Å². The van der Waals surface area contributed by atoms with Crippen LogP contribution >= 0.6 is 11.8 Å². The highest BCUT2D eigenvalue weighted by Crippen LogP contribution is 2.34. The minimum atomic E-state index is -0.379. The molecule has 0 radical (unpaired) electrons. The maximum atomic E-state index is 11.7. The maximum Gasteiger partial charge on any atom is 0.290 e. The topological polar surface area (TPSA) is 84.9 Å². The van der Waals surface area contributed by atoms with E-state index in [9.17, 15) is 14.7 Å². The summed E-state index contributed by atoms with van der Waals surface area (Å²) in [5, 5.41) is 11.4. The lowest BCUT2D eigenvalue weighted by atomic mass is 9.90. The van der Waals surface area contributed by atoms with Crippen molar-refractivity contribution in [2.45, 2.75) is 46.8 Å². The number of aryl methyl sites for hydroxylation is 2. The molecule has 0 saturated carbocycles. The molecule has 1 fully saturated rings. The molecule has 3 aromatic carbocycles. The fourth-order valence-electron chi connectivity index (χ4n) is 4.28. The molecule has 4 rings (SSSR count). The number of ether oxygens (including phenoxy) is 2. The molecule has 3 aromatic rings. The number of imide groups is 1. The first-order valence-corrected chi connectivity index (χ1v) is 13.0. The summed E-state index contributed by atoms with van der Waals surface area (Å²) in [5.74, 6) is 1.17. The average molecular weight is 518 g/mol. The number of carbonyl (C=O) groups excluding carboxylic acids is 2. The maximum absolute atomic E-state index is 11.7. The molecule has 0 aliphatic carbocycles. The molecule has 0 aromatic heterocycles. The predicted molar refractivity (Wildman–Crippen MR) is 148 cm³/mol. The van der Waals surface area contributed by atoms with Crippen molar-refractivity contribution >= 4 is 29.0 Å². The number of amides is 2. The molecule has 1 heterocycles. The minimum absolute atomic E-state index is 0.351. The number of aliphatic hydroxyl groups excluding tert-OH is 1. The van der Waals surface area contributed by atoms with Crippen LogP contribution in [0.25, 0.3) is 17.2 Å². The summed E-state index contributed by atoms with van der Waals surface area (Å²) in [5.41, 5.74) is 7.69. The first kappa shape index (κ1) is 26.5. The quantitative estimate of drug-likeness (QED) is 0.323. The summed E-state index contributed by atoms with van der Waals surface area (Å²) < 4.78 is 11.9. The minimum Gasteiger partial charge on any atom is -0.493 e. The highest BCUT2D eigenvalue weighted by molar-refractivity contribution is 8.18. The molecule has 0 unspecified atom stereocenters. The third-order valence-corrected chi connectivity index (χ3v) is 7.05. The van der Waals surface area contributed by atoms with Gasteiger partial charge in [-0.15, -0.1) is 0 Å². The molecule has 0 bridgehead atoms. The van der Waals surface area contributed by atoms with Crippen LogP contribution in [-0.2, 0) is 11.4 Å². The molecule has 37 heavy (non-hydrogen) atoms. The Morgan fingerprint density at radius 2 is 1.68 bits per heavy atom. The van der Waals surface area contributed by atoms with E-state index in [0.29, 0.717) is 24.5 Å². The van der Waals surface area contributed by atoms with Gasteiger partial charge in [-0.05, 0) is 109 Å². The fourth-order valence-corrected chi connectivity index (χ4v) is 4.97. The lowest BCUT2D eigenvalue weighted by molar-refractivity contribution is -0.115. The van der Waals surface area contributed by atoms with Gasteiger partial charge in [0.1, 0.15) is 18.1 Å². The van der Waals surface area contributed by atoms with Crippen molar-refractivity contribution in [3.63, 3.8) is 0 Å². The van der Waals surface area contributed by atoms with Crippen molar-refractivity contribution in [1.82, 2.24) is 5.32 Å². The van der Waals surface area contributed by atoms with E-state index in [-0.39, 0.29) is 17.3 Å². The van der Waals surface area contributed by atoms with Crippen LogP contribution in [0.5, 0.6) is 11.5 Å². The molecule has 2 amide bonds. The van der Waals surface area contributed by atoms with E-state index >= 15 is 0 Å². The van der Waals surface area contributed by atoms with Crippen LogP contribution in [0.3, 0.4) is 0 Å². The molecule has 1 aliphatic rings. The van der Waals surface area contributed by atoms with Crippen molar-refractivity contribution in [2.75, 3.05) is 6.61 Å². The molecule has 2 N–H and O–H groups in total. The summed E-state index contributed by atoms with van der Waals surface area (Å²) in [6.45, 7) is 8.96. The highest BCUT2D eigenvalue weighted by atomic mass is 32.2. The van der Waals surface area contributed by atoms with E-state index in [2.05, 4.69) is 38.2 Å². The van der Waals surface area contributed by atoms with Crippen molar-refractivity contribution in [2.24, 2.45) is 0 Å². The van der Waals surface area contributed by atoms with E-state index in [0.717, 1.165) is 56.6 Å². The van der Waals surface area contributed by atoms with E-state index in [1.807, 2.05) is 42.5 Å². The Morgan fingerprint density at radius 3 is 2.30 bits per heavy atom. The second-order valence-corrected chi connectivity index (χ2v) is 10.2. The molecule has 7 heteroatoms. The van der Waals surface area contributed by atoms with Gasteiger partial charge in [0.25, 0.3) is 11.1 Å². The van der Waals surface area contributed by atoms with Gasteiger partial charge in [-0.25, -0.2) is 0 Å². The Hall–Kier alpha value is -3.55. The van der Waals surface area contributed by atoms with Gasteiger partial charge in [0, 0.05) is 6.42 Å². The lowest BCUT2D eigenvalue weighted by Crippen LogP contribution is -2.17. The fraction of sp³-hybridized carbons (Fsp3) is 0.267. The van der Waals surface area contributed by atoms with Gasteiger partial charge in [0.2, 0.25) is 0 Å². The zero-order valence-corrected chi connectivity index (χ0v) is 22.3. The highest BCUT2D eigenvalue weighted by Gasteiger charge is 2.24. The normalized spacial score (nSPS) is 15.1. The monoisotopic (exact) mass is 517 g/mol. The van der Waals surface area contributed by atoms with E-state index in [1.165, 1.54) is 5.56 Å². The second-order valence-electron chi connectivity index (χ2n) is 9.22. The Bertz CT molecular complexity index is 1320. The number of benzene rings is 3. The predicted octanol–water partition coefficient (Wildman–Crippen LogP) is 6.33. The van der Waals surface area contributed by atoms with Crippen LogP contribution in [0.2, 0.25) is 0 Å². The van der Waals surface area contributed by atoms with Crippen molar-refractivity contribution in [3.8, 4) is 22.6 Å². The van der Waals surface area contributed by atoms with E-state index < -0.39 is 0 Å². The molecule has 1 atom stereocenters. The van der Waals surface area contributed by atoms with Crippen molar-refractivity contribution in [1.29, 1.82) is 0 Å². The number of carbonyl (C=O) groups is 2. The number of aliphatic hydroxyl groups is 1. The average Bonchev–Trinajstić information content (AvgIpc) is 3.16. The molecule has 0 spiro atoms. The summed E-state index contributed by atoms with van der Waals surface area (Å²) >= 11 is 0.902. The largest absolute Gasteiger partial charge is 0.493 e. The number of rotatable bonds is 9. The Labute approximate surface area is 221 Å². The summed E-state index contributed by atoms with van der Waals surface area (Å²) in [7, 11) is 0. The Balaban J connectivity index is 1.46. The van der Waals surface area contributed by atoms with Gasteiger partial charge in [0.15, 0.2) is 0 Å². The van der Waals surface area contributed by atoms with Crippen LogP contribution in [0.15, 0.2) is 59.5 Å². The van der Waals surface area contributed by atoms with Crippen LogP contribution < -0.4 is 14.8 Å². The zero-order chi connectivity index (χ0) is 26.5. The van der Waals surface area contributed by atoms with Crippen LogP contribution in [0.1, 0.15) is 41.2 Å². The standard InChI is InChI=1S/C30H31NO5S/c1-18-14-25(35-13-12-20(3)32)15-19(2)28(18)26-7-5-6-23(21(26)4)17-36-24-10-8-22(9-11-24)16-27-29(33)31-30(34)37-27/h5-11,14-16,20,32H,12-13,17H2,1-4H3,(H,31,33,34)/b27-16-/t20-/m1/s1. The summed E-state index contributed by atoms with van der Waals surface area (Å²) in [4.78, 5) is 23.5. The van der Waals surface area contributed by atoms with Crippen LogP contribution in [-0.4, -0.2) is 29.0 Å². The molecule has 6 nitrogen and oxygen atoms in total. The Kier molecular flexibility index (Phi) is 8.36. The summed E-state index contributed by atoms with van der Waals surface area (Å²) in [6.07, 6.45) is 1.91. The molecule has 1 saturated heterocycles. The van der Waals surface area contributed by atoms with Crippen LogP contribution in [0.4, 0.5) is 4.79 Å². The van der Waals surface area contributed by atoms with Gasteiger partial charge >= 0.3 is 0 Å². The molecule has 1 aliphatic heterocycles. The molecular weight excluding hydrogens is 486 g/mol. The summed E-state index contributed by atoms with van der Waals surface area (Å²) in [6, 6.07) is 17.8. The smallest absolute Gasteiger partial charge is 0.290 e. The molecule has 192 valence electrons. The number of thioether (sulfide) groups is 1. The van der Waals surface area contributed by atoms with Crippen molar-refractivity contribution < 1.29 is 24.2 Å². The first-order valence-electron chi connectivity index (χ1n) is 12.2. The second kappa shape index (κ2) is 11.7. The SMILES string of the molecule is Cc1cc(OCC[C@@H](C)O)cc(C)c1-c1cccc(COc2ccc(/C=C3\SC(=O)NC3=O)cc2)c1C.